The highest BCUT2D eigenvalue weighted by Gasteiger charge is 2.18. The minimum Gasteiger partial charge on any atom is -0.397 e. The summed E-state index contributed by atoms with van der Waals surface area (Å²) in [7, 11) is 0. The van der Waals surface area contributed by atoms with E-state index in [1.807, 2.05) is 13.0 Å². The summed E-state index contributed by atoms with van der Waals surface area (Å²) in [6.45, 7) is 5.45. The van der Waals surface area contributed by atoms with Gasteiger partial charge in [-0.1, -0.05) is 26.2 Å². The predicted octanol–water partition coefficient (Wildman–Crippen LogP) is 3.60. The molecule has 3 heteroatoms. The van der Waals surface area contributed by atoms with Crippen LogP contribution in [0.3, 0.4) is 0 Å². The van der Waals surface area contributed by atoms with E-state index in [1.165, 1.54) is 32.1 Å². The SMILES string of the molecule is Cc1cc(N)cnc1NCCC1CCCC(C)C1. The highest BCUT2D eigenvalue weighted by atomic mass is 15.0. The highest BCUT2D eigenvalue weighted by Crippen LogP contribution is 2.30. The number of pyridine rings is 1. The van der Waals surface area contributed by atoms with Crippen LogP contribution in [0, 0.1) is 18.8 Å². The lowest BCUT2D eigenvalue weighted by atomic mass is 9.81. The number of anilines is 2. The second-order valence-corrected chi connectivity index (χ2v) is 5.79. The summed E-state index contributed by atoms with van der Waals surface area (Å²) < 4.78 is 0. The summed E-state index contributed by atoms with van der Waals surface area (Å²) in [5.74, 6) is 2.79. The minimum absolute atomic E-state index is 0.735. The first-order valence-electron chi connectivity index (χ1n) is 7.11. The standard InChI is InChI=1S/C15H25N3/c1-11-4-3-5-13(8-11)6-7-17-15-12(2)9-14(16)10-18-15/h9-11,13H,3-8,16H2,1-2H3,(H,17,18). The van der Waals surface area contributed by atoms with Crippen LogP contribution in [0.5, 0.6) is 0 Å². The molecule has 18 heavy (non-hydrogen) atoms. The molecule has 0 aliphatic heterocycles. The third-order valence-electron chi connectivity index (χ3n) is 3.99. The Morgan fingerprint density at radius 2 is 2.28 bits per heavy atom. The molecule has 0 radical (unpaired) electrons. The second kappa shape index (κ2) is 6.07. The van der Waals surface area contributed by atoms with Crippen molar-refractivity contribution in [2.75, 3.05) is 17.6 Å². The van der Waals surface area contributed by atoms with Gasteiger partial charge in [0.25, 0.3) is 0 Å². The molecule has 1 aliphatic rings. The van der Waals surface area contributed by atoms with Gasteiger partial charge in [-0.25, -0.2) is 4.98 Å². The van der Waals surface area contributed by atoms with Gasteiger partial charge in [-0.15, -0.1) is 0 Å². The summed E-state index contributed by atoms with van der Waals surface area (Å²) in [5, 5.41) is 3.44. The van der Waals surface area contributed by atoms with E-state index in [1.54, 1.807) is 6.20 Å². The number of aryl methyl sites for hydroxylation is 1. The van der Waals surface area contributed by atoms with E-state index in [2.05, 4.69) is 17.2 Å². The molecule has 3 nitrogen and oxygen atoms in total. The maximum absolute atomic E-state index is 5.70. The Morgan fingerprint density at radius 1 is 1.44 bits per heavy atom. The zero-order valence-electron chi connectivity index (χ0n) is 11.6. The lowest BCUT2D eigenvalue weighted by Crippen LogP contribution is -2.17. The van der Waals surface area contributed by atoms with Crippen LogP contribution < -0.4 is 11.1 Å². The molecule has 0 amide bonds. The summed E-state index contributed by atoms with van der Waals surface area (Å²) >= 11 is 0. The van der Waals surface area contributed by atoms with Crippen molar-refractivity contribution < 1.29 is 0 Å². The third-order valence-corrected chi connectivity index (χ3v) is 3.99. The Morgan fingerprint density at radius 3 is 3.00 bits per heavy atom. The average Bonchev–Trinajstić information content (AvgIpc) is 2.32. The molecule has 2 rings (SSSR count). The maximum Gasteiger partial charge on any atom is 0.128 e. The number of nitrogens with zero attached hydrogens (tertiary/aromatic N) is 1. The zero-order valence-corrected chi connectivity index (χ0v) is 11.6. The van der Waals surface area contributed by atoms with Crippen molar-refractivity contribution in [1.29, 1.82) is 0 Å². The largest absolute Gasteiger partial charge is 0.397 e. The monoisotopic (exact) mass is 247 g/mol. The van der Waals surface area contributed by atoms with E-state index in [0.29, 0.717) is 0 Å². The molecule has 0 bridgehead atoms. The first kappa shape index (κ1) is 13.2. The van der Waals surface area contributed by atoms with E-state index in [9.17, 15) is 0 Å². The van der Waals surface area contributed by atoms with Crippen LogP contribution in [0.1, 0.15) is 44.6 Å². The van der Waals surface area contributed by atoms with E-state index in [-0.39, 0.29) is 0 Å². The Kier molecular flexibility index (Phi) is 4.45. The Balaban J connectivity index is 1.77. The van der Waals surface area contributed by atoms with Crippen LogP contribution in [0.15, 0.2) is 12.3 Å². The van der Waals surface area contributed by atoms with Crippen LogP contribution in [-0.4, -0.2) is 11.5 Å². The van der Waals surface area contributed by atoms with Gasteiger partial charge >= 0.3 is 0 Å². The van der Waals surface area contributed by atoms with Crippen LogP contribution in [-0.2, 0) is 0 Å². The fraction of sp³-hybridized carbons (Fsp3) is 0.667. The fourth-order valence-electron chi connectivity index (χ4n) is 3.00. The van der Waals surface area contributed by atoms with Gasteiger partial charge in [-0.3, -0.25) is 0 Å². The number of hydrogen-bond acceptors (Lipinski definition) is 3. The summed E-state index contributed by atoms with van der Waals surface area (Å²) in [4.78, 5) is 4.34. The van der Waals surface area contributed by atoms with Gasteiger partial charge in [0.2, 0.25) is 0 Å². The normalized spacial score (nSPS) is 23.9. The number of nitrogens with one attached hydrogen (secondary N) is 1. The molecular formula is C15H25N3. The molecule has 0 spiro atoms. The van der Waals surface area contributed by atoms with Gasteiger partial charge in [0.05, 0.1) is 11.9 Å². The topological polar surface area (TPSA) is 50.9 Å². The van der Waals surface area contributed by atoms with Crippen molar-refractivity contribution in [2.24, 2.45) is 11.8 Å². The highest BCUT2D eigenvalue weighted by molar-refractivity contribution is 5.50. The van der Waals surface area contributed by atoms with Crippen molar-refractivity contribution in [3.63, 3.8) is 0 Å². The average molecular weight is 247 g/mol. The molecular weight excluding hydrogens is 222 g/mol. The van der Waals surface area contributed by atoms with Gasteiger partial charge in [0.1, 0.15) is 5.82 Å². The second-order valence-electron chi connectivity index (χ2n) is 5.79. The van der Waals surface area contributed by atoms with Gasteiger partial charge < -0.3 is 11.1 Å². The summed E-state index contributed by atoms with van der Waals surface area (Å²) in [6, 6.07) is 1.97. The molecule has 0 aromatic carbocycles. The number of nitrogens with two attached hydrogens (primary N) is 1. The minimum atomic E-state index is 0.735. The molecule has 1 fully saturated rings. The quantitative estimate of drug-likeness (QED) is 0.854. The van der Waals surface area contributed by atoms with Crippen molar-refractivity contribution in [3.8, 4) is 0 Å². The van der Waals surface area contributed by atoms with Crippen LogP contribution >= 0.6 is 0 Å². The molecule has 100 valence electrons. The summed E-state index contributed by atoms with van der Waals surface area (Å²) in [6.07, 6.45) is 8.61. The number of hydrogen-bond donors (Lipinski definition) is 2. The molecule has 1 saturated carbocycles. The predicted molar refractivity (Wildman–Crippen MR) is 77.6 cm³/mol. The Labute approximate surface area is 110 Å². The number of rotatable bonds is 4. The third kappa shape index (κ3) is 3.62. The Hall–Kier alpha value is -1.25. The van der Waals surface area contributed by atoms with Crippen molar-refractivity contribution in [3.05, 3.63) is 17.8 Å². The summed E-state index contributed by atoms with van der Waals surface area (Å²) in [5.41, 5.74) is 7.56. The molecule has 3 N–H and O–H groups in total. The van der Waals surface area contributed by atoms with Gasteiger partial charge in [0.15, 0.2) is 0 Å². The molecule has 1 aliphatic carbocycles. The van der Waals surface area contributed by atoms with Crippen molar-refractivity contribution in [1.82, 2.24) is 4.98 Å². The first-order chi connectivity index (χ1) is 8.65. The molecule has 2 unspecified atom stereocenters. The van der Waals surface area contributed by atoms with Crippen LogP contribution in [0.2, 0.25) is 0 Å². The number of nitrogen functional groups attached to an aromatic ring is 1. The molecule has 1 aromatic heterocycles. The van der Waals surface area contributed by atoms with E-state index in [4.69, 9.17) is 5.73 Å². The Bertz CT molecular complexity index is 389. The lowest BCUT2D eigenvalue weighted by molar-refractivity contribution is 0.274. The zero-order chi connectivity index (χ0) is 13.0. The van der Waals surface area contributed by atoms with Crippen LogP contribution in [0.4, 0.5) is 11.5 Å². The lowest BCUT2D eigenvalue weighted by Gasteiger charge is -2.26. The fourth-order valence-corrected chi connectivity index (χ4v) is 3.00. The van der Waals surface area contributed by atoms with Crippen molar-refractivity contribution in [2.45, 2.75) is 46.0 Å². The molecule has 1 aromatic rings. The van der Waals surface area contributed by atoms with Gasteiger partial charge in [-0.05, 0) is 43.2 Å². The van der Waals surface area contributed by atoms with Crippen LogP contribution in [0.25, 0.3) is 0 Å². The van der Waals surface area contributed by atoms with Crippen molar-refractivity contribution >= 4 is 11.5 Å². The molecule has 0 saturated heterocycles. The molecule has 2 atom stereocenters. The maximum atomic E-state index is 5.70. The van der Waals surface area contributed by atoms with Gasteiger partial charge in [-0.2, -0.15) is 0 Å². The molecule has 1 heterocycles. The van der Waals surface area contributed by atoms with Gasteiger partial charge in [0, 0.05) is 6.54 Å². The first-order valence-corrected chi connectivity index (χ1v) is 7.11. The van der Waals surface area contributed by atoms with E-state index >= 15 is 0 Å². The van der Waals surface area contributed by atoms with E-state index in [0.717, 1.165) is 35.4 Å². The van der Waals surface area contributed by atoms with E-state index < -0.39 is 0 Å². The smallest absolute Gasteiger partial charge is 0.128 e. The number of aromatic nitrogens is 1.